The molecule has 0 spiro atoms. The van der Waals surface area contributed by atoms with Gasteiger partial charge in [0.2, 0.25) is 0 Å². The molecule has 0 aliphatic carbocycles. The maximum Gasteiger partial charge on any atom is 0.180 e. The summed E-state index contributed by atoms with van der Waals surface area (Å²) in [6.07, 6.45) is 3.45. The van der Waals surface area contributed by atoms with Crippen LogP contribution in [0.15, 0.2) is 42.9 Å². The van der Waals surface area contributed by atoms with Gasteiger partial charge >= 0.3 is 0 Å². The topological polar surface area (TPSA) is 69.6 Å². The van der Waals surface area contributed by atoms with E-state index in [1.807, 2.05) is 41.9 Å². The predicted molar refractivity (Wildman–Crippen MR) is 86.8 cm³/mol. The Balaban J connectivity index is 2.21. The lowest BCUT2D eigenvalue weighted by Crippen LogP contribution is -2.04. The van der Waals surface area contributed by atoms with Crippen molar-refractivity contribution < 1.29 is 0 Å². The summed E-state index contributed by atoms with van der Waals surface area (Å²) >= 11 is 2.18. The van der Waals surface area contributed by atoms with Crippen LogP contribution in [-0.2, 0) is 7.05 Å². The summed E-state index contributed by atoms with van der Waals surface area (Å²) in [4.78, 5) is 13.1. The van der Waals surface area contributed by atoms with Crippen LogP contribution in [0.3, 0.4) is 0 Å². The van der Waals surface area contributed by atoms with Gasteiger partial charge in [-0.15, -0.1) is 0 Å². The first-order chi connectivity index (χ1) is 9.66. The second-order valence-electron chi connectivity index (χ2n) is 4.35. The van der Waals surface area contributed by atoms with E-state index in [0.717, 1.165) is 20.5 Å². The third-order valence-corrected chi connectivity index (χ3v) is 4.03. The fourth-order valence-electron chi connectivity index (χ4n) is 1.94. The second-order valence-corrected chi connectivity index (χ2v) is 5.43. The molecule has 3 rings (SSSR count). The van der Waals surface area contributed by atoms with Crippen LogP contribution in [0, 0.1) is 3.57 Å². The Kier molecular flexibility index (Phi) is 3.39. The molecule has 2 heterocycles. The molecule has 0 saturated carbocycles. The Morgan fingerprint density at radius 3 is 2.55 bits per heavy atom. The number of nitrogens with two attached hydrogens (primary N) is 1. The molecular formula is C14H12IN5. The summed E-state index contributed by atoms with van der Waals surface area (Å²) in [5.74, 6) is 1.07. The lowest BCUT2D eigenvalue weighted by Gasteiger charge is -2.09. The van der Waals surface area contributed by atoms with E-state index in [9.17, 15) is 0 Å². The normalized spacial score (nSPS) is 10.7. The number of rotatable bonds is 2. The molecule has 0 unspecified atom stereocenters. The highest BCUT2D eigenvalue weighted by Gasteiger charge is 2.14. The number of benzene rings is 1. The molecule has 0 aliphatic heterocycles. The molecule has 0 fully saturated rings. The zero-order valence-electron chi connectivity index (χ0n) is 10.8. The summed E-state index contributed by atoms with van der Waals surface area (Å²) < 4.78 is 2.73. The van der Waals surface area contributed by atoms with Crippen molar-refractivity contribution >= 4 is 28.4 Å². The van der Waals surface area contributed by atoms with E-state index in [-0.39, 0.29) is 0 Å². The maximum atomic E-state index is 6.03. The third kappa shape index (κ3) is 2.26. The Morgan fingerprint density at radius 2 is 1.90 bits per heavy atom. The molecule has 0 bridgehead atoms. The molecule has 0 aliphatic rings. The van der Waals surface area contributed by atoms with E-state index in [4.69, 9.17) is 5.73 Å². The van der Waals surface area contributed by atoms with Crippen molar-refractivity contribution in [1.29, 1.82) is 0 Å². The van der Waals surface area contributed by atoms with Gasteiger partial charge in [0.15, 0.2) is 5.82 Å². The standard InChI is InChI=1S/C14H12IN5/c1-20-8-17-7-10(20)14-18-12(11(15)13(16)19-14)9-5-3-2-4-6-9/h2-8H,1H3,(H2,16,18,19). The van der Waals surface area contributed by atoms with Crippen molar-refractivity contribution in [3.05, 3.63) is 46.4 Å². The number of anilines is 1. The largest absolute Gasteiger partial charge is 0.383 e. The van der Waals surface area contributed by atoms with Crippen LogP contribution < -0.4 is 5.73 Å². The van der Waals surface area contributed by atoms with E-state index >= 15 is 0 Å². The minimum absolute atomic E-state index is 0.482. The smallest absolute Gasteiger partial charge is 0.180 e. The number of aromatic nitrogens is 4. The van der Waals surface area contributed by atoms with Crippen molar-refractivity contribution in [2.75, 3.05) is 5.73 Å². The van der Waals surface area contributed by atoms with Crippen LogP contribution >= 0.6 is 22.6 Å². The zero-order valence-corrected chi connectivity index (χ0v) is 12.9. The predicted octanol–water partition coefficient (Wildman–Crippen LogP) is 2.73. The molecule has 6 heteroatoms. The molecule has 2 aromatic heterocycles. The van der Waals surface area contributed by atoms with Gasteiger partial charge in [-0.3, -0.25) is 0 Å². The maximum absolute atomic E-state index is 6.03. The van der Waals surface area contributed by atoms with Crippen LogP contribution in [0.1, 0.15) is 0 Å². The lowest BCUT2D eigenvalue weighted by atomic mass is 10.1. The number of nitrogen functional groups attached to an aromatic ring is 1. The molecule has 0 saturated heterocycles. The molecule has 100 valence electrons. The number of aryl methyl sites for hydroxylation is 1. The van der Waals surface area contributed by atoms with Crippen molar-refractivity contribution in [3.8, 4) is 22.8 Å². The van der Waals surface area contributed by atoms with Gasteiger partial charge in [0.05, 0.1) is 21.8 Å². The molecule has 3 aromatic rings. The summed E-state index contributed by atoms with van der Waals surface area (Å²) in [6.45, 7) is 0. The Labute approximate surface area is 130 Å². The molecule has 20 heavy (non-hydrogen) atoms. The van der Waals surface area contributed by atoms with Gasteiger partial charge in [-0.1, -0.05) is 30.3 Å². The molecule has 1 aromatic carbocycles. The highest BCUT2D eigenvalue weighted by atomic mass is 127. The number of hydrogen-bond donors (Lipinski definition) is 1. The van der Waals surface area contributed by atoms with E-state index < -0.39 is 0 Å². The van der Waals surface area contributed by atoms with Crippen molar-refractivity contribution in [2.45, 2.75) is 0 Å². The third-order valence-electron chi connectivity index (χ3n) is 2.97. The molecule has 0 atom stereocenters. The molecule has 2 N–H and O–H groups in total. The minimum Gasteiger partial charge on any atom is -0.383 e. The fourth-order valence-corrected chi connectivity index (χ4v) is 2.49. The SMILES string of the molecule is Cn1cncc1-c1nc(N)c(I)c(-c2ccccc2)n1. The second kappa shape index (κ2) is 5.20. The van der Waals surface area contributed by atoms with Crippen molar-refractivity contribution in [2.24, 2.45) is 7.05 Å². The van der Waals surface area contributed by atoms with Gasteiger partial charge in [-0.2, -0.15) is 0 Å². The number of nitrogens with zero attached hydrogens (tertiary/aromatic N) is 4. The number of hydrogen-bond acceptors (Lipinski definition) is 4. The fraction of sp³-hybridized carbons (Fsp3) is 0.0714. The molecule has 0 radical (unpaired) electrons. The quantitative estimate of drug-likeness (QED) is 0.698. The summed E-state index contributed by atoms with van der Waals surface area (Å²) in [6, 6.07) is 9.96. The number of halogens is 1. The Morgan fingerprint density at radius 1 is 1.15 bits per heavy atom. The molecule has 0 amide bonds. The highest BCUT2D eigenvalue weighted by Crippen LogP contribution is 2.28. The molecule has 5 nitrogen and oxygen atoms in total. The average Bonchev–Trinajstić information content (AvgIpc) is 2.89. The van der Waals surface area contributed by atoms with E-state index in [2.05, 4.69) is 37.5 Å². The van der Waals surface area contributed by atoms with Gasteiger partial charge in [0.25, 0.3) is 0 Å². The Bertz CT molecular complexity index is 752. The first-order valence-electron chi connectivity index (χ1n) is 6.02. The van der Waals surface area contributed by atoms with Crippen LogP contribution in [0.5, 0.6) is 0 Å². The van der Waals surface area contributed by atoms with E-state index in [1.165, 1.54) is 0 Å². The van der Waals surface area contributed by atoms with Gasteiger partial charge in [-0.05, 0) is 22.6 Å². The average molecular weight is 377 g/mol. The Hall–Kier alpha value is -1.96. The first-order valence-corrected chi connectivity index (χ1v) is 7.10. The van der Waals surface area contributed by atoms with Crippen molar-refractivity contribution in [1.82, 2.24) is 19.5 Å². The van der Waals surface area contributed by atoms with Crippen LogP contribution in [-0.4, -0.2) is 19.5 Å². The van der Waals surface area contributed by atoms with Gasteiger partial charge in [-0.25, -0.2) is 15.0 Å². The minimum atomic E-state index is 0.482. The van der Waals surface area contributed by atoms with E-state index in [1.54, 1.807) is 12.5 Å². The highest BCUT2D eigenvalue weighted by molar-refractivity contribution is 14.1. The van der Waals surface area contributed by atoms with Crippen molar-refractivity contribution in [3.63, 3.8) is 0 Å². The van der Waals surface area contributed by atoms with Gasteiger partial charge in [0, 0.05) is 12.6 Å². The molecular weight excluding hydrogens is 365 g/mol. The van der Waals surface area contributed by atoms with Crippen LogP contribution in [0.25, 0.3) is 22.8 Å². The zero-order chi connectivity index (χ0) is 14.1. The van der Waals surface area contributed by atoms with Gasteiger partial charge < -0.3 is 10.3 Å². The van der Waals surface area contributed by atoms with Crippen LogP contribution in [0.2, 0.25) is 0 Å². The summed E-state index contributed by atoms with van der Waals surface area (Å²) in [7, 11) is 1.90. The summed E-state index contributed by atoms with van der Waals surface area (Å²) in [5, 5.41) is 0. The lowest BCUT2D eigenvalue weighted by molar-refractivity contribution is 0.909. The monoisotopic (exact) mass is 377 g/mol. The van der Waals surface area contributed by atoms with Crippen LogP contribution in [0.4, 0.5) is 5.82 Å². The van der Waals surface area contributed by atoms with E-state index in [0.29, 0.717) is 11.6 Å². The van der Waals surface area contributed by atoms with Gasteiger partial charge in [0.1, 0.15) is 11.5 Å². The summed E-state index contributed by atoms with van der Waals surface area (Å²) in [5.41, 5.74) is 8.73. The number of imidazole rings is 1. The first kappa shape index (κ1) is 13.0.